The lowest BCUT2D eigenvalue weighted by Crippen LogP contribution is -2.60. The molecule has 0 saturated carbocycles. The summed E-state index contributed by atoms with van der Waals surface area (Å²) in [5.41, 5.74) is -0.229. The number of aliphatic hydroxyl groups excluding tert-OH is 1. The molecule has 3 rings (SSSR count). The van der Waals surface area contributed by atoms with E-state index in [1.165, 1.54) is 6.92 Å². The summed E-state index contributed by atoms with van der Waals surface area (Å²) in [7, 11) is 0. The Labute approximate surface area is 192 Å². The number of alkyl carbamates (subject to hydrolysis) is 1. The van der Waals surface area contributed by atoms with Crippen molar-refractivity contribution in [1.82, 2.24) is 15.2 Å². The van der Waals surface area contributed by atoms with E-state index in [1.54, 1.807) is 19.3 Å². The Morgan fingerprint density at radius 3 is 2.38 bits per heavy atom. The summed E-state index contributed by atoms with van der Waals surface area (Å²) >= 11 is 2.01. The van der Waals surface area contributed by atoms with Crippen LogP contribution in [-0.2, 0) is 19.1 Å². The number of carboxylic acids is 2. The molecular formula is C19H23N3O8S2. The molecule has 0 radical (unpaired) electrons. The molecule has 2 aliphatic rings. The van der Waals surface area contributed by atoms with Gasteiger partial charge in [0.1, 0.15) is 11.4 Å². The maximum atomic E-state index is 12.1. The van der Waals surface area contributed by atoms with Crippen LogP contribution >= 0.6 is 23.5 Å². The predicted octanol–water partition coefficient (Wildman–Crippen LogP) is 1.17. The molecule has 1 aromatic heterocycles. The number of nitrogens with one attached hydrogen (secondary N) is 1. The molecule has 1 unspecified atom stereocenters. The second kappa shape index (κ2) is 11.7. The zero-order valence-corrected chi connectivity index (χ0v) is 18.8. The second-order valence-electron chi connectivity index (χ2n) is 6.52. The first kappa shape index (κ1) is 25.5. The Hall–Kier alpha value is -2.77. The zero-order valence-electron chi connectivity index (χ0n) is 17.2. The van der Waals surface area contributed by atoms with E-state index < -0.39 is 47.4 Å². The van der Waals surface area contributed by atoms with E-state index in [2.05, 4.69) is 15.0 Å². The van der Waals surface area contributed by atoms with Crippen molar-refractivity contribution in [3.63, 3.8) is 0 Å². The molecule has 4 N–H and O–H groups in total. The Balaban J connectivity index is 0.000000520. The number of aliphatic hydroxyl groups is 1. The van der Waals surface area contributed by atoms with Gasteiger partial charge in [-0.1, -0.05) is 17.8 Å². The number of amides is 2. The molecule has 3 heterocycles. The second-order valence-corrected chi connectivity index (χ2v) is 8.93. The van der Waals surface area contributed by atoms with Crippen molar-refractivity contribution in [3.8, 4) is 0 Å². The molecule has 0 spiro atoms. The number of β-lactam (4-membered cyclic amide) rings is 1. The third-order valence-electron chi connectivity index (χ3n) is 4.28. The number of aliphatic carboxylic acids is 2. The Kier molecular flexibility index (Phi) is 9.35. The molecule has 0 aromatic carbocycles. The Morgan fingerprint density at radius 2 is 1.94 bits per heavy atom. The summed E-state index contributed by atoms with van der Waals surface area (Å²) in [6.45, 7) is 3.10. The number of aromatic nitrogens is 1. The number of ether oxygens (including phenoxy) is 1. The van der Waals surface area contributed by atoms with E-state index in [0.29, 0.717) is 0 Å². The summed E-state index contributed by atoms with van der Waals surface area (Å²) in [5.74, 6) is -3.95. The molecule has 4 atom stereocenters. The van der Waals surface area contributed by atoms with Gasteiger partial charge in [0.15, 0.2) is 5.70 Å². The van der Waals surface area contributed by atoms with Gasteiger partial charge >= 0.3 is 18.0 Å². The summed E-state index contributed by atoms with van der Waals surface area (Å²) < 4.78 is 4.90. The SMILES string of the molecule is CCOC(=O)N[C@H](CSC1=C(C(=O)O)N2C(=O)[C@H](C(C)O)[C@H]2S1)C(=O)O.c1ccncc1. The van der Waals surface area contributed by atoms with Crippen LogP contribution in [0.5, 0.6) is 0 Å². The lowest BCUT2D eigenvalue weighted by Gasteiger charge is -2.43. The number of hydrogen-bond donors (Lipinski definition) is 4. The molecule has 11 nitrogen and oxygen atoms in total. The van der Waals surface area contributed by atoms with E-state index in [0.717, 1.165) is 28.4 Å². The van der Waals surface area contributed by atoms with Crippen molar-refractivity contribution in [2.45, 2.75) is 31.4 Å². The minimum atomic E-state index is -1.31. The van der Waals surface area contributed by atoms with E-state index in [-0.39, 0.29) is 22.3 Å². The molecule has 2 aliphatic heterocycles. The van der Waals surface area contributed by atoms with Gasteiger partial charge in [-0.15, -0.1) is 11.8 Å². The van der Waals surface area contributed by atoms with Crippen LogP contribution in [-0.4, -0.2) is 79.0 Å². The first-order chi connectivity index (χ1) is 15.2. The van der Waals surface area contributed by atoms with Crippen LogP contribution < -0.4 is 5.32 Å². The number of nitrogens with zero attached hydrogens (tertiary/aromatic N) is 2. The van der Waals surface area contributed by atoms with E-state index in [1.807, 2.05) is 18.2 Å². The largest absolute Gasteiger partial charge is 0.480 e. The quantitative estimate of drug-likeness (QED) is 0.390. The first-order valence-corrected chi connectivity index (χ1v) is 11.3. The average molecular weight is 486 g/mol. The molecule has 2 amide bonds. The van der Waals surface area contributed by atoms with E-state index >= 15 is 0 Å². The number of thioether (sulfide) groups is 2. The molecule has 0 aliphatic carbocycles. The number of carbonyl (C=O) groups excluding carboxylic acids is 2. The Morgan fingerprint density at radius 1 is 1.28 bits per heavy atom. The minimum absolute atomic E-state index is 0.0783. The first-order valence-electron chi connectivity index (χ1n) is 9.48. The van der Waals surface area contributed by atoms with Gasteiger partial charge in [0, 0.05) is 18.1 Å². The Bertz CT molecular complexity index is 854. The van der Waals surface area contributed by atoms with Crippen LogP contribution in [0.2, 0.25) is 0 Å². The number of carboxylic acid groups (broad SMARTS) is 2. The van der Waals surface area contributed by atoms with Crippen molar-refractivity contribution in [2.24, 2.45) is 5.92 Å². The summed E-state index contributed by atoms with van der Waals surface area (Å²) in [6, 6.07) is 4.42. The number of pyridine rings is 1. The zero-order chi connectivity index (χ0) is 23.8. The topological polar surface area (TPSA) is 166 Å². The third kappa shape index (κ3) is 6.14. The number of rotatable bonds is 8. The summed E-state index contributed by atoms with van der Waals surface area (Å²) in [5, 5.41) is 29.9. The standard InChI is InChI=1S/C14H18N2O8S2.C5H5N/c1-3-24-14(23)15-6(11(19)20)4-25-13-8(12(21)22)16-9(18)7(5(2)17)10(16)26-13;1-2-4-6-5-3-1/h5-7,10,17H,3-4H2,1-2H3,(H,15,23)(H,19,20)(H,21,22);1-5H/t5?,6-,7+,10-;/m1./s1. The summed E-state index contributed by atoms with van der Waals surface area (Å²) in [6.07, 6.45) is 1.69. The lowest BCUT2D eigenvalue weighted by molar-refractivity contribution is -0.156. The molecular weight excluding hydrogens is 462 g/mol. The number of fused-ring (bicyclic) bond motifs is 1. The fourth-order valence-electron chi connectivity index (χ4n) is 2.81. The highest BCUT2D eigenvalue weighted by atomic mass is 32.2. The highest BCUT2D eigenvalue weighted by Gasteiger charge is 2.57. The average Bonchev–Trinajstić information content (AvgIpc) is 3.07. The van der Waals surface area contributed by atoms with Crippen molar-refractivity contribution in [2.75, 3.05) is 12.4 Å². The van der Waals surface area contributed by atoms with Gasteiger partial charge in [-0.3, -0.25) is 14.7 Å². The van der Waals surface area contributed by atoms with Crippen LogP contribution in [0.1, 0.15) is 13.8 Å². The predicted molar refractivity (Wildman–Crippen MR) is 116 cm³/mol. The van der Waals surface area contributed by atoms with Crippen LogP contribution in [0, 0.1) is 5.92 Å². The molecule has 1 aromatic rings. The van der Waals surface area contributed by atoms with Crippen molar-refractivity contribution < 1.29 is 39.2 Å². The van der Waals surface area contributed by atoms with Gasteiger partial charge in [0.25, 0.3) is 0 Å². The van der Waals surface area contributed by atoms with Gasteiger partial charge < -0.3 is 25.4 Å². The smallest absolute Gasteiger partial charge is 0.407 e. The monoisotopic (exact) mass is 485 g/mol. The van der Waals surface area contributed by atoms with E-state index in [9.17, 15) is 34.5 Å². The highest BCUT2D eigenvalue weighted by Crippen LogP contribution is 2.53. The maximum absolute atomic E-state index is 12.1. The number of carbonyl (C=O) groups is 4. The fourth-order valence-corrected chi connectivity index (χ4v) is 5.77. The fraction of sp³-hybridized carbons (Fsp3) is 0.421. The van der Waals surface area contributed by atoms with Crippen LogP contribution in [0.4, 0.5) is 4.79 Å². The number of hydrogen-bond acceptors (Lipinski definition) is 9. The molecule has 32 heavy (non-hydrogen) atoms. The highest BCUT2D eigenvalue weighted by molar-refractivity contribution is 8.22. The molecule has 1 saturated heterocycles. The molecule has 1 fully saturated rings. The van der Waals surface area contributed by atoms with Gasteiger partial charge in [-0.25, -0.2) is 14.4 Å². The van der Waals surface area contributed by atoms with Crippen molar-refractivity contribution in [1.29, 1.82) is 0 Å². The van der Waals surface area contributed by atoms with Crippen LogP contribution in [0.25, 0.3) is 0 Å². The normalized spacial score (nSPS) is 20.8. The maximum Gasteiger partial charge on any atom is 0.407 e. The molecule has 0 bridgehead atoms. The van der Waals surface area contributed by atoms with Crippen LogP contribution in [0.15, 0.2) is 40.5 Å². The van der Waals surface area contributed by atoms with Crippen molar-refractivity contribution in [3.05, 3.63) is 40.5 Å². The van der Waals surface area contributed by atoms with E-state index in [4.69, 9.17) is 0 Å². The lowest BCUT2D eigenvalue weighted by atomic mass is 9.92. The molecule has 174 valence electrons. The third-order valence-corrected chi connectivity index (χ3v) is 7.03. The van der Waals surface area contributed by atoms with Crippen LogP contribution in [0.3, 0.4) is 0 Å². The van der Waals surface area contributed by atoms with Gasteiger partial charge in [0.05, 0.1) is 22.9 Å². The van der Waals surface area contributed by atoms with Gasteiger partial charge in [-0.05, 0) is 26.0 Å². The van der Waals surface area contributed by atoms with Gasteiger partial charge in [-0.2, -0.15) is 0 Å². The minimum Gasteiger partial charge on any atom is -0.480 e. The van der Waals surface area contributed by atoms with Crippen molar-refractivity contribution >= 4 is 47.5 Å². The molecule has 13 heteroatoms. The summed E-state index contributed by atoms with van der Waals surface area (Å²) in [4.78, 5) is 51.2. The van der Waals surface area contributed by atoms with Gasteiger partial charge in [0.2, 0.25) is 5.91 Å².